The van der Waals surface area contributed by atoms with Gasteiger partial charge in [-0.2, -0.15) is 0 Å². The van der Waals surface area contributed by atoms with Crippen LogP contribution < -0.4 is 16.0 Å². The number of nitrogens with one attached hydrogen (secondary N) is 1. The summed E-state index contributed by atoms with van der Waals surface area (Å²) in [7, 11) is 1.86. The van der Waals surface area contributed by atoms with E-state index in [4.69, 9.17) is 5.73 Å². The Kier molecular flexibility index (Phi) is 2.98. The SMILES string of the molecule is CNc1ccc2c(c1)CC(=O)N2Cc1nccc(N)n1. The zero-order valence-corrected chi connectivity index (χ0v) is 11.1. The molecule has 6 heteroatoms. The number of hydrogen-bond acceptors (Lipinski definition) is 5. The molecule has 0 aliphatic carbocycles. The van der Waals surface area contributed by atoms with Gasteiger partial charge < -0.3 is 16.0 Å². The highest BCUT2D eigenvalue weighted by Crippen LogP contribution is 2.31. The molecule has 0 saturated heterocycles. The molecule has 20 heavy (non-hydrogen) atoms. The van der Waals surface area contributed by atoms with E-state index in [0.29, 0.717) is 24.6 Å². The molecule has 1 amide bonds. The van der Waals surface area contributed by atoms with Gasteiger partial charge in [-0.1, -0.05) is 0 Å². The highest BCUT2D eigenvalue weighted by atomic mass is 16.2. The van der Waals surface area contributed by atoms with Crippen molar-refractivity contribution in [1.29, 1.82) is 0 Å². The molecule has 0 bridgehead atoms. The van der Waals surface area contributed by atoms with Crippen molar-refractivity contribution in [3.63, 3.8) is 0 Å². The first-order chi connectivity index (χ1) is 9.67. The van der Waals surface area contributed by atoms with Crippen LogP contribution in [-0.2, 0) is 17.8 Å². The Balaban J connectivity index is 1.90. The lowest BCUT2D eigenvalue weighted by molar-refractivity contribution is -0.117. The maximum Gasteiger partial charge on any atom is 0.231 e. The van der Waals surface area contributed by atoms with Gasteiger partial charge >= 0.3 is 0 Å². The van der Waals surface area contributed by atoms with Crippen molar-refractivity contribution in [2.75, 3.05) is 23.0 Å². The third kappa shape index (κ3) is 2.16. The number of carbonyl (C=O) groups excluding carboxylic acids is 1. The predicted molar refractivity (Wildman–Crippen MR) is 77.3 cm³/mol. The Morgan fingerprint density at radius 3 is 3.00 bits per heavy atom. The Morgan fingerprint density at radius 1 is 1.40 bits per heavy atom. The topological polar surface area (TPSA) is 84.1 Å². The fourth-order valence-corrected chi connectivity index (χ4v) is 2.34. The summed E-state index contributed by atoms with van der Waals surface area (Å²) in [5.74, 6) is 1.01. The summed E-state index contributed by atoms with van der Waals surface area (Å²) in [6.07, 6.45) is 2.01. The lowest BCUT2D eigenvalue weighted by Crippen LogP contribution is -2.27. The molecule has 1 aromatic carbocycles. The normalized spacial score (nSPS) is 13.4. The number of nitrogen functional groups attached to an aromatic ring is 1. The molecule has 1 aliphatic rings. The van der Waals surface area contributed by atoms with E-state index < -0.39 is 0 Å². The zero-order valence-electron chi connectivity index (χ0n) is 11.1. The molecule has 102 valence electrons. The first-order valence-electron chi connectivity index (χ1n) is 6.36. The number of nitrogens with zero attached hydrogens (tertiary/aromatic N) is 3. The average molecular weight is 269 g/mol. The summed E-state index contributed by atoms with van der Waals surface area (Å²) in [6.45, 7) is 0.343. The smallest absolute Gasteiger partial charge is 0.231 e. The molecule has 0 spiro atoms. The summed E-state index contributed by atoms with van der Waals surface area (Å²) in [6, 6.07) is 7.51. The zero-order chi connectivity index (χ0) is 14.1. The second kappa shape index (κ2) is 4.80. The van der Waals surface area contributed by atoms with E-state index in [1.807, 2.05) is 25.2 Å². The van der Waals surface area contributed by atoms with Crippen LogP contribution in [0.3, 0.4) is 0 Å². The highest BCUT2D eigenvalue weighted by molar-refractivity contribution is 6.01. The van der Waals surface area contributed by atoms with Gasteiger partial charge in [0.15, 0.2) is 0 Å². The molecule has 1 aromatic heterocycles. The Morgan fingerprint density at radius 2 is 2.25 bits per heavy atom. The van der Waals surface area contributed by atoms with Crippen molar-refractivity contribution in [2.24, 2.45) is 0 Å². The van der Waals surface area contributed by atoms with Crippen LogP contribution in [0.25, 0.3) is 0 Å². The summed E-state index contributed by atoms with van der Waals surface area (Å²) in [4.78, 5) is 22.1. The second-order valence-corrected chi connectivity index (χ2v) is 4.65. The number of fused-ring (bicyclic) bond motifs is 1. The molecule has 0 saturated carbocycles. The summed E-state index contributed by atoms with van der Waals surface area (Å²) in [5.41, 5.74) is 8.57. The van der Waals surface area contributed by atoms with Crippen LogP contribution in [0.4, 0.5) is 17.2 Å². The molecular weight excluding hydrogens is 254 g/mol. The van der Waals surface area contributed by atoms with E-state index in [2.05, 4.69) is 15.3 Å². The van der Waals surface area contributed by atoms with Gasteiger partial charge in [0.2, 0.25) is 5.91 Å². The van der Waals surface area contributed by atoms with E-state index in [1.54, 1.807) is 17.2 Å². The fraction of sp³-hybridized carbons (Fsp3) is 0.214. The number of rotatable bonds is 3. The van der Waals surface area contributed by atoms with E-state index in [-0.39, 0.29) is 5.91 Å². The molecular formula is C14H15N5O. The van der Waals surface area contributed by atoms with Crippen molar-refractivity contribution in [3.05, 3.63) is 41.9 Å². The van der Waals surface area contributed by atoms with Crippen LogP contribution in [0, 0.1) is 0 Å². The number of nitrogens with two attached hydrogens (primary N) is 1. The van der Waals surface area contributed by atoms with Crippen LogP contribution >= 0.6 is 0 Å². The van der Waals surface area contributed by atoms with E-state index in [0.717, 1.165) is 16.9 Å². The maximum atomic E-state index is 12.1. The van der Waals surface area contributed by atoms with Crippen LogP contribution in [0.5, 0.6) is 0 Å². The molecule has 3 rings (SSSR count). The average Bonchev–Trinajstić information content (AvgIpc) is 2.74. The maximum absolute atomic E-state index is 12.1. The van der Waals surface area contributed by atoms with Gasteiger partial charge in [0.25, 0.3) is 0 Å². The van der Waals surface area contributed by atoms with Crippen LogP contribution in [0.1, 0.15) is 11.4 Å². The van der Waals surface area contributed by atoms with Gasteiger partial charge in [-0.3, -0.25) is 4.79 Å². The Labute approximate surface area is 116 Å². The molecule has 3 N–H and O–H groups in total. The Hall–Kier alpha value is -2.63. The van der Waals surface area contributed by atoms with Crippen molar-refractivity contribution >= 4 is 23.1 Å². The summed E-state index contributed by atoms with van der Waals surface area (Å²) >= 11 is 0. The van der Waals surface area contributed by atoms with E-state index in [9.17, 15) is 4.79 Å². The first-order valence-corrected chi connectivity index (χ1v) is 6.36. The van der Waals surface area contributed by atoms with Gasteiger partial charge in [0.05, 0.1) is 13.0 Å². The van der Waals surface area contributed by atoms with Crippen molar-refractivity contribution in [1.82, 2.24) is 9.97 Å². The quantitative estimate of drug-likeness (QED) is 0.874. The van der Waals surface area contributed by atoms with E-state index in [1.165, 1.54) is 0 Å². The molecule has 0 unspecified atom stereocenters. The van der Waals surface area contributed by atoms with Gasteiger partial charge in [-0.15, -0.1) is 0 Å². The second-order valence-electron chi connectivity index (χ2n) is 4.65. The molecule has 0 fully saturated rings. The number of hydrogen-bond donors (Lipinski definition) is 2. The van der Waals surface area contributed by atoms with Gasteiger partial charge in [0.1, 0.15) is 11.6 Å². The first kappa shape index (κ1) is 12.4. The van der Waals surface area contributed by atoms with Crippen LogP contribution in [0.2, 0.25) is 0 Å². The van der Waals surface area contributed by atoms with Crippen molar-refractivity contribution < 1.29 is 4.79 Å². The number of amides is 1. The molecule has 1 aliphatic heterocycles. The van der Waals surface area contributed by atoms with Crippen molar-refractivity contribution in [2.45, 2.75) is 13.0 Å². The van der Waals surface area contributed by atoms with Crippen LogP contribution in [-0.4, -0.2) is 22.9 Å². The predicted octanol–water partition coefficient (Wildman–Crippen LogP) is 1.19. The number of carbonyl (C=O) groups is 1. The largest absolute Gasteiger partial charge is 0.388 e. The summed E-state index contributed by atoms with van der Waals surface area (Å²) < 4.78 is 0. The summed E-state index contributed by atoms with van der Waals surface area (Å²) in [5, 5.41) is 3.07. The third-order valence-electron chi connectivity index (χ3n) is 3.33. The number of aromatic nitrogens is 2. The minimum absolute atomic E-state index is 0.0549. The molecule has 2 heterocycles. The Bertz CT molecular complexity index is 670. The standard InChI is InChI=1S/C14H15N5O/c1-16-10-2-3-11-9(6-10)7-14(20)19(11)8-13-17-5-4-12(15)18-13/h2-6,16H,7-8H2,1H3,(H2,15,17,18). The monoisotopic (exact) mass is 269 g/mol. The highest BCUT2D eigenvalue weighted by Gasteiger charge is 2.28. The van der Waals surface area contributed by atoms with Gasteiger partial charge in [-0.25, -0.2) is 9.97 Å². The molecule has 0 atom stereocenters. The number of benzene rings is 1. The van der Waals surface area contributed by atoms with E-state index >= 15 is 0 Å². The van der Waals surface area contributed by atoms with Crippen molar-refractivity contribution in [3.8, 4) is 0 Å². The van der Waals surface area contributed by atoms with Gasteiger partial charge in [0, 0.05) is 24.6 Å². The minimum atomic E-state index is 0.0549. The number of anilines is 3. The van der Waals surface area contributed by atoms with Gasteiger partial charge in [-0.05, 0) is 29.8 Å². The third-order valence-corrected chi connectivity index (χ3v) is 3.33. The van der Waals surface area contributed by atoms with Crippen LogP contribution in [0.15, 0.2) is 30.5 Å². The molecule has 0 radical (unpaired) electrons. The minimum Gasteiger partial charge on any atom is -0.388 e. The lowest BCUT2D eigenvalue weighted by Gasteiger charge is -2.16. The lowest BCUT2D eigenvalue weighted by atomic mass is 10.1. The molecule has 2 aromatic rings. The molecule has 6 nitrogen and oxygen atoms in total. The fourth-order valence-electron chi connectivity index (χ4n) is 2.34.